The summed E-state index contributed by atoms with van der Waals surface area (Å²) in [4.78, 5) is 29.5. The van der Waals surface area contributed by atoms with Crippen LogP contribution in [0.4, 0.5) is 5.69 Å². The summed E-state index contributed by atoms with van der Waals surface area (Å²) >= 11 is 0. The number of rotatable bonds is 4. The molecule has 4 rings (SSSR count). The second kappa shape index (κ2) is 7.69. The first kappa shape index (κ1) is 20.3. The van der Waals surface area contributed by atoms with Crippen LogP contribution < -0.4 is 10.9 Å². The molecule has 3 aromatic rings. The van der Waals surface area contributed by atoms with Gasteiger partial charge in [-0.25, -0.2) is 13.4 Å². The van der Waals surface area contributed by atoms with Crippen molar-refractivity contribution in [2.24, 2.45) is 7.05 Å². The van der Waals surface area contributed by atoms with E-state index < -0.39 is 15.9 Å². The van der Waals surface area contributed by atoms with Gasteiger partial charge in [0.2, 0.25) is 15.7 Å². The fourth-order valence-corrected chi connectivity index (χ4v) is 5.14. The number of nitrogens with one attached hydrogen (secondary N) is 1. The van der Waals surface area contributed by atoms with Gasteiger partial charge in [0.15, 0.2) is 0 Å². The first-order valence-electron chi connectivity index (χ1n) is 9.65. The predicted molar refractivity (Wildman–Crippen MR) is 111 cm³/mol. The number of carbonyl (C=O) groups is 1. The zero-order chi connectivity index (χ0) is 21.5. The molecule has 9 nitrogen and oxygen atoms in total. The van der Waals surface area contributed by atoms with Crippen LogP contribution in [0.3, 0.4) is 0 Å². The number of furan rings is 1. The Morgan fingerprint density at radius 2 is 1.80 bits per heavy atom. The molecule has 158 valence electrons. The molecule has 0 aliphatic carbocycles. The number of fused-ring (bicyclic) bond motifs is 1. The van der Waals surface area contributed by atoms with E-state index in [9.17, 15) is 18.0 Å². The number of aromatic nitrogens is 2. The summed E-state index contributed by atoms with van der Waals surface area (Å²) in [5.41, 5.74) is 0.240. The molecule has 1 fully saturated rings. The van der Waals surface area contributed by atoms with E-state index in [0.717, 1.165) is 19.3 Å². The molecule has 10 heteroatoms. The molecule has 3 heterocycles. The molecule has 0 bridgehead atoms. The number of sulfonamides is 1. The average molecular weight is 430 g/mol. The SMILES string of the molecule is Cc1oc2ncn(C)c(=O)c2c1C(=O)Nc1ccc(S(=O)(=O)N2CCCCC2)cc1. The lowest BCUT2D eigenvalue weighted by molar-refractivity contribution is 0.102. The highest BCUT2D eigenvalue weighted by Crippen LogP contribution is 2.24. The molecule has 1 N–H and O–H groups in total. The number of nitrogens with zero attached hydrogens (tertiary/aromatic N) is 3. The van der Waals surface area contributed by atoms with Crippen molar-refractivity contribution >= 4 is 32.7 Å². The maximum absolute atomic E-state index is 12.8. The molecule has 0 radical (unpaired) electrons. The number of hydrogen-bond donors (Lipinski definition) is 1. The van der Waals surface area contributed by atoms with Gasteiger partial charge in [0.05, 0.1) is 10.5 Å². The minimum absolute atomic E-state index is 0.101. The summed E-state index contributed by atoms with van der Waals surface area (Å²) in [6.07, 6.45) is 4.09. The quantitative estimate of drug-likeness (QED) is 0.679. The topological polar surface area (TPSA) is 115 Å². The first-order valence-corrected chi connectivity index (χ1v) is 11.1. The van der Waals surface area contributed by atoms with Crippen LogP contribution in [0, 0.1) is 6.92 Å². The molecule has 0 saturated carbocycles. The number of amides is 1. The fourth-order valence-electron chi connectivity index (χ4n) is 3.62. The van der Waals surface area contributed by atoms with Gasteiger partial charge in [-0.3, -0.25) is 9.59 Å². The van der Waals surface area contributed by atoms with Gasteiger partial charge in [0.1, 0.15) is 17.5 Å². The number of anilines is 1. The summed E-state index contributed by atoms with van der Waals surface area (Å²) in [7, 11) is -2.00. The Morgan fingerprint density at radius 3 is 2.47 bits per heavy atom. The molecule has 1 aromatic carbocycles. The Morgan fingerprint density at radius 1 is 1.13 bits per heavy atom. The average Bonchev–Trinajstić information content (AvgIpc) is 3.08. The lowest BCUT2D eigenvalue weighted by atomic mass is 10.1. The molecular formula is C20H22N4O5S. The lowest BCUT2D eigenvalue weighted by Crippen LogP contribution is -2.35. The van der Waals surface area contributed by atoms with Crippen molar-refractivity contribution in [1.29, 1.82) is 0 Å². The van der Waals surface area contributed by atoms with Crippen molar-refractivity contribution in [3.8, 4) is 0 Å². The molecular weight excluding hydrogens is 408 g/mol. The maximum Gasteiger partial charge on any atom is 0.265 e. The summed E-state index contributed by atoms with van der Waals surface area (Å²) in [6.45, 7) is 2.64. The third-order valence-electron chi connectivity index (χ3n) is 5.24. The van der Waals surface area contributed by atoms with Gasteiger partial charge in [-0.15, -0.1) is 0 Å². The standard InChI is InChI=1S/C20H22N4O5S/c1-13-16(17-19(29-13)21-12-23(2)20(17)26)18(25)22-14-6-8-15(9-7-14)30(27,28)24-10-4-3-5-11-24/h6-9,12H,3-5,10-11H2,1-2H3,(H,22,25). The van der Waals surface area contributed by atoms with Gasteiger partial charge in [0.25, 0.3) is 11.5 Å². The summed E-state index contributed by atoms with van der Waals surface area (Å²) < 4.78 is 33.7. The fraction of sp³-hybridized carbons (Fsp3) is 0.350. The molecule has 2 aromatic heterocycles. The number of carbonyl (C=O) groups excluding carboxylic acids is 1. The van der Waals surface area contributed by atoms with E-state index in [2.05, 4.69) is 10.3 Å². The highest BCUT2D eigenvalue weighted by atomic mass is 32.2. The van der Waals surface area contributed by atoms with E-state index in [-0.39, 0.29) is 32.9 Å². The van der Waals surface area contributed by atoms with E-state index >= 15 is 0 Å². The molecule has 1 amide bonds. The second-order valence-corrected chi connectivity index (χ2v) is 9.26. The normalized spacial score (nSPS) is 15.4. The van der Waals surface area contributed by atoms with Crippen LogP contribution in [-0.2, 0) is 17.1 Å². The number of aryl methyl sites for hydroxylation is 2. The Balaban J connectivity index is 1.59. The van der Waals surface area contributed by atoms with Gasteiger partial charge in [-0.2, -0.15) is 4.31 Å². The molecule has 0 unspecified atom stereocenters. The largest absolute Gasteiger partial charge is 0.442 e. The number of benzene rings is 1. The van der Waals surface area contributed by atoms with Gasteiger partial charge in [0, 0.05) is 25.8 Å². The minimum Gasteiger partial charge on any atom is -0.442 e. The second-order valence-electron chi connectivity index (χ2n) is 7.32. The van der Waals surface area contributed by atoms with Crippen molar-refractivity contribution in [3.05, 3.63) is 52.3 Å². The van der Waals surface area contributed by atoms with Crippen molar-refractivity contribution < 1.29 is 17.6 Å². The molecule has 0 atom stereocenters. The zero-order valence-electron chi connectivity index (χ0n) is 16.7. The van der Waals surface area contributed by atoms with Crippen molar-refractivity contribution in [3.63, 3.8) is 0 Å². The van der Waals surface area contributed by atoms with E-state index in [0.29, 0.717) is 18.8 Å². The van der Waals surface area contributed by atoms with E-state index in [1.807, 2.05) is 0 Å². The maximum atomic E-state index is 12.8. The summed E-state index contributed by atoms with van der Waals surface area (Å²) in [5, 5.41) is 2.81. The zero-order valence-corrected chi connectivity index (χ0v) is 17.5. The van der Waals surface area contributed by atoms with Gasteiger partial charge >= 0.3 is 0 Å². The van der Waals surface area contributed by atoms with Crippen molar-refractivity contribution in [2.75, 3.05) is 18.4 Å². The minimum atomic E-state index is -3.54. The van der Waals surface area contributed by atoms with Crippen LogP contribution in [0.15, 0.2) is 44.7 Å². The van der Waals surface area contributed by atoms with Crippen LogP contribution in [0.2, 0.25) is 0 Å². The monoisotopic (exact) mass is 430 g/mol. The van der Waals surface area contributed by atoms with Crippen molar-refractivity contribution in [1.82, 2.24) is 13.9 Å². The smallest absolute Gasteiger partial charge is 0.265 e. The Bertz CT molecular complexity index is 1270. The third-order valence-corrected chi connectivity index (χ3v) is 7.15. The molecule has 1 saturated heterocycles. The summed E-state index contributed by atoms with van der Waals surface area (Å²) in [5.74, 6) is -0.245. The van der Waals surface area contributed by atoms with Crippen LogP contribution in [0.5, 0.6) is 0 Å². The van der Waals surface area contributed by atoms with E-state index in [4.69, 9.17) is 4.42 Å². The predicted octanol–water partition coefficient (Wildman–Crippen LogP) is 2.26. The van der Waals surface area contributed by atoms with Crippen LogP contribution >= 0.6 is 0 Å². The van der Waals surface area contributed by atoms with Crippen molar-refractivity contribution in [2.45, 2.75) is 31.1 Å². The Hall–Kier alpha value is -2.98. The van der Waals surface area contributed by atoms with Gasteiger partial charge in [-0.05, 0) is 44.0 Å². The first-order chi connectivity index (χ1) is 14.3. The molecule has 0 spiro atoms. The lowest BCUT2D eigenvalue weighted by Gasteiger charge is -2.25. The highest BCUT2D eigenvalue weighted by Gasteiger charge is 2.26. The number of piperidine rings is 1. The highest BCUT2D eigenvalue weighted by molar-refractivity contribution is 7.89. The van der Waals surface area contributed by atoms with Gasteiger partial charge < -0.3 is 14.3 Å². The van der Waals surface area contributed by atoms with Crippen LogP contribution in [-0.4, -0.2) is 41.3 Å². The Kier molecular flexibility index (Phi) is 5.20. The number of hydrogen-bond acceptors (Lipinski definition) is 6. The third kappa shape index (κ3) is 3.52. The van der Waals surface area contributed by atoms with Crippen LogP contribution in [0.1, 0.15) is 35.4 Å². The summed E-state index contributed by atoms with van der Waals surface area (Å²) in [6, 6.07) is 6.01. The molecule has 1 aliphatic heterocycles. The Labute approximate surface area is 173 Å². The van der Waals surface area contributed by atoms with Gasteiger partial charge in [-0.1, -0.05) is 6.42 Å². The van der Waals surface area contributed by atoms with E-state index in [1.165, 1.54) is 39.5 Å². The van der Waals surface area contributed by atoms with E-state index in [1.54, 1.807) is 14.0 Å². The molecule has 1 aliphatic rings. The van der Waals surface area contributed by atoms with Crippen LogP contribution in [0.25, 0.3) is 11.1 Å². The molecule has 30 heavy (non-hydrogen) atoms.